The molecule has 0 radical (unpaired) electrons. The lowest BCUT2D eigenvalue weighted by atomic mass is 9.85. The molecule has 8 heteroatoms. The Kier molecular flexibility index (Phi) is 7.68. The highest BCUT2D eigenvalue weighted by atomic mass is 35.5. The summed E-state index contributed by atoms with van der Waals surface area (Å²) in [5, 5.41) is 10.8. The largest absolute Gasteiger partial charge is 0.477 e. The van der Waals surface area contributed by atoms with Gasteiger partial charge in [-0.1, -0.05) is 53.5 Å². The van der Waals surface area contributed by atoms with Crippen molar-refractivity contribution in [3.63, 3.8) is 0 Å². The third kappa shape index (κ3) is 5.92. The number of rotatable bonds is 8. The second-order valence-electron chi connectivity index (χ2n) is 11.8. The number of hydrogen-bond acceptors (Lipinski definition) is 4. The Labute approximate surface area is 260 Å². The molecule has 3 aromatic carbocycles. The van der Waals surface area contributed by atoms with Crippen molar-refractivity contribution in [2.75, 3.05) is 13.1 Å². The first-order valence-corrected chi connectivity index (χ1v) is 15.6. The van der Waals surface area contributed by atoms with Gasteiger partial charge in [-0.2, -0.15) is 0 Å². The maximum atomic E-state index is 11.4. The number of carbonyl (C=O) groups is 1. The van der Waals surface area contributed by atoms with Crippen LogP contribution in [0.15, 0.2) is 85.1 Å². The summed E-state index contributed by atoms with van der Waals surface area (Å²) >= 11 is 12.5. The molecule has 3 heterocycles. The second-order valence-corrected chi connectivity index (χ2v) is 12.6. The molecule has 0 atom stereocenters. The fraction of sp³-hybridized carbons (Fsp3) is 0.286. The number of carboxylic acids is 1. The molecular formula is C35H32Cl2N4O2. The van der Waals surface area contributed by atoms with E-state index in [2.05, 4.69) is 56.9 Å². The van der Waals surface area contributed by atoms with Crippen molar-refractivity contribution in [1.29, 1.82) is 0 Å². The third-order valence-electron chi connectivity index (χ3n) is 8.80. The summed E-state index contributed by atoms with van der Waals surface area (Å²) in [6, 6.07) is 27.0. The van der Waals surface area contributed by atoms with Gasteiger partial charge in [0.2, 0.25) is 0 Å². The molecule has 2 aromatic heterocycles. The maximum absolute atomic E-state index is 11.4. The molecular weight excluding hydrogens is 579 g/mol. The number of fused-ring (bicyclic) bond motifs is 1. The average Bonchev–Trinajstić information content (AvgIpc) is 3.80. The molecule has 1 aliphatic heterocycles. The first-order chi connectivity index (χ1) is 20.9. The van der Waals surface area contributed by atoms with E-state index < -0.39 is 5.97 Å². The number of imidazole rings is 1. The molecule has 0 unspecified atom stereocenters. The van der Waals surface area contributed by atoms with Crippen molar-refractivity contribution in [2.45, 2.75) is 50.1 Å². The van der Waals surface area contributed by atoms with Crippen LogP contribution < -0.4 is 0 Å². The third-order valence-corrected chi connectivity index (χ3v) is 9.30. The minimum absolute atomic E-state index is 0.0320. The SMILES string of the molecule is O=C(O)c1cc(CN2CCC(n3c(C4CC4)nc4ccc(C(c5ccc(Cl)cc5)c5ccc(Cl)cc5)cc43)CC2)ccn1. The highest BCUT2D eigenvalue weighted by Crippen LogP contribution is 2.44. The van der Waals surface area contributed by atoms with Crippen molar-refractivity contribution in [3.05, 3.63) is 129 Å². The quantitative estimate of drug-likeness (QED) is 0.179. The zero-order valence-corrected chi connectivity index (χ0v) is 25.2. The predicted molar refractivity (Wildman–Crippen MR) is 170 cm³/mol. The standard InChI is InChI=1S/C35H32Cl2N4O2/c36-27-8-3-23(4-9-27)33(24-5-10-28(37)11-6-24)26-7-12-30-32(20-26)41(34(39-30)25-1-2-25)29-14-17-40(18-15-29)21-22-13-16-38-31(19-22)35(42)43/h3-13,16,19-20,25,29,33H,1-2,14-15,17-18,21H2,(H,42,43). The van der Waals surface area contributed by atoms with Crippen LogP contribution in [0.4, 0.5) is 0 Å². The van der Waals surface area contributed by atoms with Gasteiger partial charge in [-0.15, -0.1) is 0 Å². The van der Waals surface area contributed by atoms with Crippen LogP contribution >= 0.6 is 23.2 Å². The van der Waals surface area contributed by atoms with Gasteiger partial charge in [0, 0.05) is 53.8 Å². The Morgan fingerprint density at radius 3 is 2.07 bits per heavy atom. The van der Waals surface area contributed by atoms with E-state index in [0.29, 0.717) is 12.0 Å². The number of benzene rings is 3. The molecule has 1 saturated heterocycles. The molecule has 0 spiro atoms. The normalized spacial score (nSPS) is 16.3. The Hall–Kier alpha value is -3.71. The predicted octanol–water partition coefficient (Wildman–Crippen LogP) is 8.33. The number of nitrogens with zero attached hydrogens (tertiary/aromatic N) is 4. The van der Waals surface area contributed by atoms with Gasteiger partial charge >= 0.3 is 5.97 Å². The Morgan fingerprint density at radius 1 is 0.837 bits per heavy atom. The van der Waals surface area contributed by atoms with Gasteiger partial charge in [0.15, 0.2) is 0 Å². The lowest BCUT2D eigenvalue weighted by molar-refractivity contribution is 0.0690. The number of aromatic nitrogens is 3. The summed E-state index contributed by atoms with van der Waals surface area (Å²) in [6.45, 7) is 2.61. The number of hydrogen-bond donors (Lipinski definition) is 1. The summed E-state index contributed by atoms with van der Waals surface area (Å²) < 4.78 is 2.55. The summed E-state index contributed by atoms with van der Waals surface area (Å²) in [7, 11) is 0. The number of pyridine rings is 1. The van der Waals surface area contributed by atoms with Crippen molar-refractivity contribution in [2.24, 2.45) is 0 Å². The zero-order chi connectivity index (χ0) is 29.5. The van der Waals surface area contributed by atoms with Crippen molar-refractivity contribution in [3.8, 4) is 0 Å². The highest BCUT2D eigenvalue weighted by Gasteiger charge is 2.33. The molecule has 0 amide bonds. The van der Waals surface area contributed by atoms with Crippen molar-refractivity contribution in [1.82, 2.24) is 19.4 Å². The Balaban J connectivity index is 1.21. The fourth-order valence-corrected chi connectivity index (χ4v) is 6.74. The van der Waals surface area contributed by atoms with Crippen molar-refractivity contribution < 1.29 is 9.90 Å². The number of carboxylic acid groups (broad SMARTS) is 1. The second kappa shape index (κ2) is 11.8. The lowest BCUT2D eigenvalue weighted by Gasteiger charge is -2.34. The van der Waals surface area contributed by atoms with Gasteiger partial charge in [-0.05, 0) is 96.5 Å². The monoisotopic (exact) mass is 610 g/mol. The van der Waals surface area contributed by atoms with Crippen LogP contribution in [0.2, 0.25) is 10.0 Å². The fourth-order valence-electron chi connectivity index (χ4n) is 6.49. The van der Waals surface area contributed by atoms with Crippen LogP contribution in [-0.4, -0.2) is 43.6 Å². The van der Waals surface area contributed by atoms with E-state index in [1.165, 1.54) is 40.9 Å². The summed E-state index contributed by atoms with van der Waals surface area (Å²) in [4.78, 5) is 22.9. The zero-order valence-electron chi connectivity index (χ0n) is 23.7. The van der Waals surface area contributed by atoms with Gasteiger partial charge in [0.25, 0.3) is 0 Å². The molecule has 5 aromatic rings. The minimum atomic E-state index is -0.992. The van der Waals surface area contributed by atoms with E-state index in [9.17, 15) is 9.90 Å². The van der Waals surface area contributed by atoms with Crippen LogP contribution in [0.3, 0.4) is 0 Å². The van der Waals surface area contributed by atoms with Gasteiger partial charge in [0.1, 0.15) is 11.5 Å². The minimum Gasteiger partial charge on any atom is -0.477 e. The topological polar surface area (TPSA) is 71.2 Å². The summed E-state index contributed by atoms with van der Waals surface area (Å²) in [5.41, 5.74) is 6.90. The smallest absolute Gasteiger partial charge is 0.354 e. The molecule has 2 fully saturated rings. The van der Waals surface area contributed by atoms with E-state index in [-0.39, 0.29) is 11.6 Å². The highest BCUT2D eigenvalue weighted by molar-refractivity contribution is 6.30. The molecule has 1 N–H and O–H groups in total. The summed E-state index contributed by atoms with van der Waals surface area (Å²) in [6.07, 6.45) is 6.01. The molecule has 43 heavy (non-hydrogen) atoms. The molecule has 218 valence electrons. The molecule has 6 nitrogen and oxygen atoms in total. The Morgan fingerprint density at radius 2 is 1.47 bits per heavy atom. The number of piperidine rings is 1. The average molecular weight is 612 g/mol. The molecule has 1 aliphatic carbocycles. The summed E-state index contributed by atoms with van der Waals surface area (Å²) in [5.74, 6) is 0.794. The molecule has 0 bridgehead atoms. The van der Waals surface area contributed by atoms with Gasteiger partial charge in [-0.3, -0.25) is 4.90 Å². The van der Waals surface area contributed by atoms with Gasteiger partial charge in [-0.25, -0.2) is 14.8 Å². The van der Waals surface area contributed by atoms with Crippen LogP contribution in [-0.2, 0) is 6.54 Å². The van der Waals surface area contributed by atoms with Crippen LogP contribution in [0, 0.1) is 0 Å². The Bertz CT molecular complexity index is 1730. The molecule has 2 aliphatic rings. The van der Waals surface area contributed by atoms with Gasteiger partial charge in [0.05, 0.1) is 11.0 Å². The first kappa shape index (κ1) is 28.1. The van der Waals surface area contributed by atoms with Crippen molar-refractivity contribution >= 4 is 40.2 Å². The number of halogens is 2. The van der Waals surface area contributed by atoms with E-state index >= 15 is 0 Å². The van der Waals surface area contributed by atoms with E-state index in [4.69, 9.17) is 28.2 Å². The van der Waals surface area contributed by atoms with Crippen LogP contribution in [0.25, 0.3) is 11.0 Å². The lowest BCUT2D eigenvalue weighted by Crippen LogP contribution is -2.34. The van der Waals surface area contributed by atoms with E-state index in [1.807, 2.05) is 30.3 Å². The maximum Gasteiger partial charge on any atom is 0.354 e. The van der Waals surface area contributed by atoms with Gasteiger partial charge < -0.3 is 9.67 Å². The van der Waals surface area contributed by atoms with E-state index in [1.54, 1.807) is 12.3 Å². The first-order valence-electron chi connectivity index (χ1n) is 14.9. The van der Waals surface area contributed by atoms with Crippen LogP contribution in [0.1, 0.15) is 82.1 Å². The van der Waals surface area contributed by atoms with Crippen LogP contribution in [0.5, 0.6) is 0 Å². The van der Waals surface area contributed by atoms with E-state index in [0.717, 1.165) is 53.6 Å². The number of aromatic carboxylic acids is 1. The number of likely N-dealkylation sites (tertiary alicyclic amines) is 1. The molecule has 7 rings (SSSR count). The molecule has 1 saturated carbocycles.